The van der Waals surface area contributed by atoms with Gasteiger partial charge in [0.2, 0.25) is 0 Å². The lowest BCUT2D eigenvalue weighted by molar-refractivity contribution is 0.0670. The van der Waals surface area contributed by atoms with E-state index in [9.17, 15) is 13.5 Å². The molecule has 98 valence electrons. The second-order valence-corrected chi connectivity index (χ2v) is 8.02. The van der Waals surface area contributed by atoms with E-state index in [4.69, 9.17) is 0 Å². The van der Waals surface area contributed by atoms with Crippen LogP contribution in [0.5, 0.6) is 0 Å². The highest BCUT2D eigenvalue weighted by Gasteiger charge is 2.24. The Balaban J connectivity index is 2.78. The Bertz CT molecular complexity index is 471. The van der Waals surface area contributed by atoms with Gasteiger partial charge in [-0.05, 0) is 44.2 Å². The van der Waals surface area contributed by atoms with Crippen molar-refractivity contribution in [1.82, 2.24) is 4.31 Å². The number of hydrogen-bond acceptors (Lipinski definition) is 4. The average molecular weight is 277 g/mol. The molecule has 6 heteroatoms. The number of nitrogens with zero attached hydrogens (tertiary/aromatic N) is 1. The molecular formula is C11H19NO3S2. The molecule has 0 unspecified atom stereocenters. The molecule has 0 aliphatic heterocycles. The van der Waals surface area contributed by atoms with Crippen molar-refractivity contribution in [3.63, 3.8) is 0 Å². The van der Waals surface area contributed by atoms with Crippen molar-refractivity contribution in [2.24, 2.45) is 0 Å². The largest absolute Gasteiger partial charge is 0.390 e. The molecule has 1 aromatic rings. The van der Waals surface area contributed by atoms with Crippen LogP contribution in [-0.4, -0.2) is 37.0 Å². The molecule has 0 aliphatic rings. The summed E-state index contributed by atoms with van der Waals surface area (Å²) in [5.74, 6) is 0. The smallest absolute Gasteiger partial charge is 0.252 e. The summed E-state index contributed by atoms with van der Waals surface area (Å²) in [7, 11) is -1.86. The topological polar surface area (TPSA) is 57.6 Å². The van der Waals surface area contributed by atoms with Gasteiger partial charge < -0.3 is 5.11 Å². The third-order valence-electron chi connectivity index (χ3n) is 2.41. The maximum absolute atomic E-state index is 12.1. The maximum atomic E-state index is 12.1. The molecule has 1 aromatic heterocycles. The van der Waals surface area contributed by atoms with Gasteiger partial charge in [-0.2, -0.15) is 0 Å². The van der Waals surface area contributed by atoms with Crippen LogP contribution >= 0.6 is 11.3 Å². The van der Waals surface area contributed by atoms with Gasteiger partial charge in [0, 0.05) is 13.6 Å². The van der Waals surface area contributed by atoms with E-state index in [1.807, 2.05) is 12.3 Å². The van der Waals surface area contributed by atoms with Gasteiger partial charge in [0.05, 0.1) is 5.60 Å². The summed E-state index contributed by atoms with van der Waals surface area (Å²) in [5, 5.41) is 11.4. The number of aryl methyl sites for hydroxylation is 1. The van der Waals surface area contributed by atoms with Crippen LogP contribution in [0.2, 0.25) is 0 Å². The quantitative estimate of drug-likeness (QED) is 0.893. The Labute approximate surface area is 107 Å². The SMILES string of the molecule is Cc1csc(S(=O)(=O)N(C)CCC(C)(C)O)c1. The van der Waals surface area contributed by atoms with Crippen LogP contribution in [0.4, 0.5) is 0 Å². The predicted molar refractivity (Wildman–Crippen MR) is 69.8 cm³/mol. The lowest BCUT2D eigenvalue weighted by atomic mass is 10.1. The molecule has 4 nitrogen and oxygen atoms in total. The minimum absolute atomic E-state index is 0.308. The summed E-state index contributed by atoms with van der Waals surface area (Å²) >= 11 is 1.23. The number of thiophene rings is 1. The molecule has 0 atom stereocenters. The van der Waals surface area contributed by atoms with E-state index < -0.39 is 15.6 Å². The monoisotopic (exact) mass is 277 g/mol. The van der Waals surface area contributed by atoms with E-state index in [0.29, 0.717) is 17.2 Å². The Morgan fingerprint density at radius 3 is 2.47 bits per heavy atom. The lowest BCUT2D eigenvalue weighted by Gasteiger charge is -2.21. The molecule has 0 aromatic carbocycles. The zero-order valence-electron chi connectivity index (χ0n) is 10.6. The number of hydrogen-bond donors (Lipinski definition) is 1. The van der Waals surface area contributed by atoms with E-state index in [2.05, 4.69) is 0 Å². The summed E-state index contributed by atoms with van der Waals surface area (Å²) in [6.45, 7) is 5.51. The fraction of sp³-hybridized carbons (Fsp3) is 0.636. The zero-order chi connectivity index (χ0) is 13.3. The molecule has 0 fully saturated rings. The van der Waals surface area contributed by atoms with E-state index in [1.165, 1.54) is 22.7 Å². The molecule has 1 rings (SSSR count). The van der Waals surface area contributed by atoms with E-state index >= 15 is 0 Å². The second-order valence-electron chi connectivity index (χ2n) is 4.83. The van der Waals surface area contributed by atoms with Gasteiger partial charge in [-0.3, -0.25) is 0 Å². The molecule has 0 saturated heterocycles. The van der Waals surface area contributed by atoms with Crippen molar-refractivity contribution in [3.8, 4) is 0 Å². The Kier molecular flexibility index (Phi) is 4.35. The molecule has 0 amide bonds. The van der Waals surface area contributed by atoms with Gasteiger partial charge in [0.25, 0.3) is 10.0 Å². The van der Waals surface area contributed by atoms with Crippen LogP contribution in [-0.2, 0) is 10.0 Å². The summed E-state index contributed by atoms with van der Waals surface area (Å²) in [4.78, 5) is 0. The summed E-state index contributed by atoms with van der Waals surface area (Å²) in [6.07, 6.45) is 0.410. The zero-order valence-corrected chi connectivity index (χ0v) is 12.2. The van der Waals surface area contributed by atoms with Crippen molar-refractivity contribution in [2.45, 2.75) is 37.0 Å². The molecule has 0 bridgehead atoms. The maximum Gasteiger partial charge on any atom is 0.252 e. The van der Waals surface area contributed by atoms with Crippen LogP contribution in [0.3, 0.4) is 0 Å². The van der Waals surface area contributed by atoms with Crippen molar-refractivity contribution in [1.29, 1.82) is 0 Å². The van der Waals surface area contributed by atoms with Crippen LogP contribution < -0.4 is 0 Å². The molecule has 17 heavy (non-hydrogen) atoms. The summed E-state index contributed by atoms with van der Waals surface area (Å²) < 4.78 is 25.9. The van der Waals surface area contributed by atoms with Gasteiger partial charge >= 0.3 is 0 Å². The Hall–Kier alpha value is -0.430. The highest BCUT2D eigenvalue weighted by molar-refractivity contribution is 7.91. The van der Waals surface area contributed by atoms with Gasteiger partial charge in [-0.15, -0.1) is 11.3 Å². The Morgan fingerprint density at radius 1 is 1.47 bits per heavy atom. The fourth-order valence-corrected chi connectivity index (χ4v) is 3.86. The lowest BCUT2D eigenvalue weighted by Crippen LogP contribution is -2.32. The molecule has 1 N–H and O–H groups in total. The number of sulfonamides is 1. The molecule has 0 spiro atoms. The first kappa shape index (κ1) is 14.6. The van der Waals surface area contributed by atoms with Gasteiger partial charge in [-0.1, -0.05) is 0 Å². The van der Waals surface area contributed by atoms with Crippen LogP contribution in [0, 0.1) is 6.92 Å². The number of aliphatic hydroxyl groups is 1. The molecule has 0 saturated carbocycles. The minimum atomic E-state index is -3.40. The normalized spacial score (nSPS) is 13.3. The first-order chi connectivity index (χ1) is 7.63. The highest BCUT2D eigenvalue weighted by atomic mass is 32.2. The number of rotatable bonds is 5. The summed E-state index contributed by atoms with van der Waals surface area (Å²) in [6, 6.07) is 1.67. The van der Waals surface area contributed by atoms with Crippen molar-refractivity contribution >= 4 is 21.4 Å². The summed E-state index contributed by atoms with van der Waals surface area (Å²) in [5.41, 5.74) is 0.0965. The van der Waals surface area contributed by atoms with Crippen molar-refractivity contribution in [2.75, 3.05) is 13.6 Å². The third kappa shape index (κ3) is 4.06. The van der Waals surface area contributed by atoms with Crippen molar-refractivity contribution < 1.29 is 13.5 Å². The average Bonchev–Trinajstić information content (AvgIpc) is 2.60. The first-order valence-electron chi connectivity index (χ1n) is 5.37. The van der Waals surface area contributed by atoms with Gasteiger partial charge in [0.15, 0.2) is 0 Å². The van der Waals surface area contributed by atoms with Crippen molar-refractivity contribution in [3.05, 3.63) is 17.0 Å². The first-order valence-corrected chi connectivity index (χ1v) is 7.69. The van der Waals surface area contributed by atoms with E-state index in [1.54, 1.807) is 19.9 Å². The Morgan fingerprint density at radius 2 is 2.06 bits per heavy atom. The van der Waals surface area contributed by atoms with Crippen LogP contribution in [0.1, 0.15) is 25.8 Å². The minimum Gasteiger partial charge on any atom is -0.390 e. The fourth-order valence-electron chi connectivity index (χ4n) is 1.25. The second kappa shape index (κ2) is 5.06. The van der Waals surface area contributed by atoms with E-state index in [0.717, 1.165) is 5.56 Å². The third-order valence-corrected chi connectivity index (χ3v) is 5.80. The van der Waals surface area contributed by atoms with Crippen LogP contribution in [0.25, 0.3) is 0 Å². The van der Waals surface area contributed by atoms with Gasteiger partial charge in [0.1, 0.15) is 4.21 Å². The predicted octanol–water partition coefficient (Wildman–Crippen LogP) is 1.84. The standard InChI is InChI=1S/C11H19NO3S2/c1-9-7-10(16-8-9)17(14,15)12(4)6-5-11(2,3)13/h7-8,13H,5-6H2,1-4H3. The van der Waals surface area contributed by atoms with Crippen LogP contribution in [0.15, 0.2) is 15.7 Å². The van der Waals surface area contributed by atoms with Gasteiger partial charge in [-0.25, -0.2) is 12.7 Å². The molecule has 0 aliphatic carbocycles. The molecule has 0 radical (unpaired) electrons. The van der Waals surface area contributed by atoms with E-state index in [-0.39, 0.29) is 0 Å². The molecular weight excluding hydrogens is 258 g/mol. The highest BCUT2D eigenvalue weighted by Crippen LogP contribution is 2.23. The molecule has 1 heterocycles.